The number of ether oxygens (including phenoxy) is 4. The van der Waals surface area contributed by atoms with Crippen LogP contribution in [0.1, 0.15) is 258 Å². The molecule has 0 amide bonds. The smallest absolute Gasteiger partial charge is 0.305 e. The first-order valence-electron chi connectivity index (χ1n) is 28.3. The Labute approximate surface area is 415 Å². The van der Waals surface area contributed by atoms with Crippen molar-refractivity contribution in [1.82, 2.24) is 0 Å². The van der Waals surface area contributed by atoms with Gasteiger partial charge in [0, 0.05) is 39.4 Å². The number of rotatable bonds is 46. The summed E-state index contributed by atoms with van der Waals surface area (Å²) in [5.74, 6) is 1.81. The molecule has 0 radical (unpaired) electrons. The fourth-order valence-corrected chi connectivity index (χ4v) is 9.77. The predicted molar refractivity (Wildman–Crippen MR) is 286 cm³/mol. The first-order valence-corrected chi connectivity index (χ1v) is 28.6. The maximum atomic E-state index is 11.4. The van der Waals surface area contributed by atoms with E-state index in [1.807, 2.05) is 19.9 Å². The fourth-order valence-electron chi connectivity index (χ4n) is 9.60. The van der Waals surface area contributed by atoms with E-state index >= 15 is 0 Å². The van der Waals surface area contributed by atoms with Gasteiger partial charge in [0.25, 0.3) is 0 Å². The minimum atomic E-state index is -0.0412. The molecule has 0 saturated heterocycles. The minimum absolute atomic E-state index is 0.0410. The Morgan fingerprint density at radius 2 is 0.627 bits per heavy atom. The number of halogens is 1. The van der Waals surface area contributed by atoms with Gasteiger partial charge in [-0.05, 0) is 57.7 Å². The molecule has 0 saturated carbocycles. The lowest BCUT2D eigenvalue weighted by molar-refractivity contribution is -0.144. The van der Waals surface area contributed by atoms with Gasteiger partial charge in [-0.15, -0.1) is 0 Å². The van der Waals surface area contributed by atoms with Gasteiger partial charge in [-0.1, -0.05) is 241 Å². The molecule has 0 unspecified atom stereocenters. The van der Waals surface area contributed by atoms with Gasteiger partial charge in [-0.3, -0.25) is 9.59 Å². The molecule has 0 aliphatic carbocycles. The summed E-state index contributed by atoms with van der Waals surface area (Å²) in [7, 11) is 0. The number of benzene rings is 3. The highest BCUT2D eigenvalue weighted by Gasteiger charge is 2.17. The summed E-state index contributed by atoms with van der Waals surface area (Å²) in [6, 6.07) is 14.7. The molecule has 6 nitrogen and oxygen atoms in total. The second-order valence-corrected chi connectivity index (χ2v) is 19.9. The van der Waals surface area contributed by atoms with E-state index in [9.17, 15) is 9.59 Å². The molecule has 0 N–H and O–H groups in total. The van der Waals surface area contributed by atoms with Gasteiger partial charge in [0.2, 0.25) is 0 Å². The minimum Gasteiger partial charge on any atom is -0.492 e. The van der Waals surface area contributed by atoms with Crippen molar-refractivity contribution in [2.75, 3.05) is 26.4 Å². The van der Waals surface area contributed by atoms with Crippen molar-refractivity contribution in [1.29, 1.82) is 0 Å². The molecule has 0 bridgehead atoms. The zero-order valence-corrected chi connectivity index (χ0v) is 43.8. The van der Waals surface area contributed by atoms with Crippen molar-refractivity contribution in [3.05, 3.63) is 47.5 Å². The Balaban J connectivity index is 1.18. The second kappa shape index (κ2) is 40.9. The fraction of sp³-hybridized carbons (Fsp3) is 0.733. The molecule has 0 atom stereocenters. The summed E-state index contributed by atoms with van der Waals surface area (Å²) in [6.07, 6.45) is 47.8. The van der Waals surface area contributed by atoms with Gasteiger partial charge in [-0.2, -0.15) is 0 Å². The lowest BCUT2D eigenvalue weighted by Gasteiger charge is -2.18. The highest BCUT2D eigenvalue weighted by molar-refractivity contribution is 6.31. The number of fused-ring (bicyclic) bond motifs is 2. The summed E-state index contributed by atoms with van der Waals surface area (Å²) < 4.78 is 23.2. The van der Waals surface area contributed by atoms with E-state index in [4.69, 9.17) is 30.5 Å². The molecule has 67 heavy (non-hydrogen) atoms. The Kier molecular flexibility index (Phi) is 35.6. The molecule has 7 heteroatoms. The average Bonchev–Trinajstić information content (AvgIpc) is 3.33. The third-order valence-corrected chi connectivity index (χ3v) is 13.8. The zero-order valence-electron chi connectivity index (χ0n) is 43.1. The Morgan fingerprint density at radius 3 is 0.940 bits per heavy atom. The monoisotopic (exact) mass is 949 g/mol. The van der Waals surface area contributed by atoms with Crippen LogP contribution in [0.4, 0.5) is 0 Å². The van der Waals surface area contributed by atoms with E-state index in [1.165, 1.54) is 193 Å². The van der Waals surface area contributed by atoms with Gasteiger partial charge in [0.1, 0.15) is 11.5 Å². The third-order valence-electron chi connectivity index (χ3n) is 13.5. The molecule has 0 aromatic heterocycles. The number of hydrogen-bond donors (Lipinski definition) is 0. The van der Waals surface area contributed by atoms with E-state index in [-0.39, 0.29) is 11.9 Å². The van der Waals surface area contributed by atoms with Crippen LogP contribution in [-0.4, -0.2) is 38.4 Å². The summed E-state index contributed by atoms with van der Waals surface area (Å²) in [6.45, 7) is 6.17. The third kappa shape index (κ3) is 28.3. The molecule has 0 spiro atoms. The number of hydrogen-bond acceptors (Lipinski definition) is 6. The highest BCUT2D eigenvalue weighted by atomic mass is 35.5. The zero-order chi connectivity index (χ0) is 47.7. The van der Waals surface area contributed by atoms with Crippen LogP contribution < -0.4 is 9.47 Å². The number of unbranched alkanes of at least 4 members (excludes halogenated alkanes) is 34. The Bertz CT molecular complexity index is 1670. The van der Waals surface area contributed by atoms with Crippen LogP contribution in [0.2, 0.25) is 5.02 Å². The molecule has 0 heterocycles. The van der Waals surface area contributed by atoms with Crippen molar-refractivity contribution in [2.24, 2.45) is 0 Å². The summed E-state index contributed by atoms with van der Waals surface area (Å²) in [4.78, 5) is 22.8. The standard InChI is InChI=1S/C60H97ClO6/c1-3-64-57(62)45-37-33-29-25-21-17-13-9-5-7-11-15-19-23-27-31-35-41-49-66-59-53-43-39-40-44-54(53)60(56-51-52(61)47-48-55(56)59)67-50-42-36-32-28-24-20-16-12-8-6-10-14-18-22-26-30-34-38-46-58(63)65-4-2/h39-40,43-44,47-48,51H,3-38,41-42,45-46,49-50H2,1-2H3. The number of esters is 2. The maximum Gasteiger partial charge on any atom is 0.305 e. The van der Waals surface area contributed by atoms with Crippen molar-refractivity contribution in [3.8, 4) is 11.5 Å². The molecule has 0 aliphatic heterocycles. The first-order chi connectivity index (χ1) is 33.0. The predicted octanol–water partition coefficient (Wildman–Crippen LogP) is 19.4. The van der Waals surface area contributed by atoms with Crippen LogP contribution >= 0.6 is 11.6 Å². The van der Waals surface area contributed by atoms with E-state index in [1.54, 1.807) is 0 Å². The topological polar surface area (TPSA) is 71.1 Å². The van der Waals surface area contributed by atoms with Crippen molar-refractivity contribution in [2.45, 2.75) is 258 Å². The highest BCUT2D eigenvalue weighted by Crippen LogP contribution is 2.44. The molecular formula is C60H97ClO6. The SMILES string of the molecule is CCOC(=O)CCCCCCCCCCCCCCCCCCCCOc1c2ccccc2c(OCCCCCCCCCCCCCCCCCCCCC(=O)OCC)c2cc(Cl)ccc12. The molecule has 3 aromatic rings. The molecule has 380 valence electrons. The molecule has 0 fully saturated rings. The van der Waals surface area contributed by atoms with Crippen LogP contribution in [0.5, 0.6) is 11.5 Å². The van der Waals surface area contributed by atoms with E-state index < -0.39 is 0 Å². The van der Waals surface area contributed by atoms with Crippen LogP contribution in [-0.2, 0) is 19.1 Å². The van der Waals surface area contributed by atoms with Gasteiger partial charge < -0.3 is 18.9 Å². The van der Waals surface area contributed by atoms with Crippen LogP contribution in [0.3, 0.4) is 0 Å². The molecular weight excluding hydrogens is 852 g/mol. The van der Waals surface area contributed by atoms with E-state index in [0.29, 0.717) is 32.7 Å². The Morgan fingerprint density at radius 1 is 0.358 bits per heavy atom. The molecule has 3 rings (SSSR count). The van der Waals surface area contributed by atoms with Crippen LogP contribution in [0, 0.1) is 0 Å². The summed E-state index contributed by atoms with van der Waals surface area (Å²) >= 11 is 6.59. The van der Waals surface area contributed by atoms with Crippen molar-refractivity contribution in [3.63, 3.8) is 0 Å². The molecule has 0 aliphatic rings. The molecule has 3 aromatic carbocycles. The van der Waals surface area contributed by atoms with Gasteiger partial charge in [0.15, 0.2) is 0 Å². The normalized spacial score (nSPS) is 11.4. The lowest BCUT2D eigenvalue weighted by Crippen LogP contribution is -2.03. The first kappa shape index (κ1) is 58.3. The largest absolute Gasteiger partial charge is 0.492 e. The second-order valence-electron chi connectivity index (χ2n) is 19.4. The van der Waals surface area contributed by atoms with Crippen LogP contribution in [0.15, 0.2) is 42.5 Å². The Hall–Kier alpha value is -2.99. The van der Waals surface area contributed by atoms with Gasteiger partial charge >= 0.3 is 11.9 Å². The summed E-state index contributed by atoms with van der Waals surface area (Å²) in [5.41, 5.74) is 0. The van der Waals surface area contributed by atoms with Gasteiger partial charge in [0.05, 0.1) is 26.4 Å². The van der Waals surface area contributed by atoms with Crippen molar-refractivity contribution >= 4 is 45.1 Å². The van der Waals surface area contributed by atoms with E-state index in [0.717, 1.165) is 83.2 Å². The number of carbonyl (C=O) groups is 2. The lowest BCUT2D eigenvalue weighted by atomic mass is 10.0. The maximum absolute atomic E-state index is 11.4. The summed E-state index contributed by atoms with van der Waals surface area (Å²) in [5, 5.41) is 5.08. The van der Waals surface area contributed by atoms with E-state index in [2.05, 4.69) is 36.4 Å². The van der Waals surface area contributed by atoms with Crippen LogP contribution in [0.25, 0.3) is 21.5 Å². The number of carbonyl (C=O) groups excluding carboxylic acids is 2. The van der Waals surface area contributed by atoms with Crippen molar-refractivity contribution < 1.29 is 28.5 Å². The quantitative estimate of drug-likeness (QED) is 0.0319. The van der Waals surface area contributed by atoms with Gasteiger partial charge in [-0.25, -0.2) is 0 Å². The average molecular weight is 950 g/mol.